The van der Waals surface area contributed by atoms with Crippen LogP contribution in [0.4, 0.5) is 0 Å². The van der Waals surface area contributed by atoms with Gasteiger partial charge in [0.1, 0.15) is 11.5 Å². The Morgan fingerprint density at radius 2 is 1.78 bits per heavy atom. The fourth-order valence-corrected chi connectivity index (χ4v) is 1.80. The molecule has 0 saturated carbocycles. The summed E-state index contributed by atoms with van der Waals surface area (Å²) in [4.78, 5) is 0. The second kappa shape index (κ2) is 8.22. The van der Waals surface area contributed by atoms with Crippen molar-refractivity contribution in [1.29, 1.82) is 0 Å². The predicted octanol–water partition coefficient (Wildman–Crippen LogP) is 3.56. The summed E-state index contributed by atoms with van der Waals surface area (Å²) in [5.41, 5.74) is 7.23. The highest BCUT2D eigenvalue weighted by Gasteiger charge is 2.13. The molecule has 2 N–H and O–H groups in total. The zero-order valence-corrected chi connectivity index (χ0v) is 12.4. The monoisotopic (exact) mass is 273 g/mol. The minimum Gasteiger partial charge on any atom is -0.497 e. The van der Waals surface area contributed by atoms with Crippen molar-refractivity contribution in [3.8, 4) is 11.5 Å². The highest BCUT2D eigenvalue weighted by atomic mass is 35.5. The van der Waals surface area contributed by atoms with Crippen LogP contribution in [0.15, 0.2) is 18.2 Å². The van der Waals surface area contributed by atoms with E-state index in [1.54, 1.807) is 14.2 Å². The smallest absolute Gasteiger partial charge is 0.123 e. The van der Waals surface area contributed by atoms with Crippen LogP contribution in [0.5, 0.6) is 11.5 Å². The van der Waals surface area contributed by atoms with Gasteiger partial charge in [-0.05, 0) is 37.0 Å². The first-order valence-electron chi connectivity index (χ1n) is 6.06. The van der Waals surface area contributed by atoms with E-state index in [-0.39, 0.29) is 18.4 Å². The molecule has 0 bridgehead atoms. The molecule has 0 aliphatic carbocycles. The summed E-state index contributed by atoms with van der Waals surface area (Å²) >= 11 is 0. The normalized spacial score (nSPS) is 11.9. The molecule has 0 heterocycles. The number of rotatable bonds is 6. The Morgan fingerprint density at radius 3 is 2.28 bits per heavy atom. The van der Waals surface area contributed by atoms with E-state index >= 15 is 0 Å². The maximum absolute atomic E-state index is 6.21. The van der Waals surface area contributed by atoms with Gasteiger partial charge in [0, 0.05) is 11.6 Å². The Hall–Kier alpha value is -0.930. The number of methoxy groups -OCH3 is 2. The largest absolute Gasteiger partial charge is 0.497 e. The highest BCUT2D eigenvalue weighted by molar-refractivity contribution is 5.85. The third-order valence-electron chi connectivity index (χ3n) is 2.89. The second-order valence-electron chi connectivity index (χ2n) is 4.69. The van der Waals surface area contributed by atoms with Crippen LogP contribution in [0.3, 0.4) is 0 Å². The maximum Gasteiger partial charge on any atom is 0.123 e. The summed E-state index contributed by atoms with van der Waals surface area (Å²) in [6, 6.07) is 5.76. The van der Waals surface area contributed by atoms with E-state index in [4.69, 9.17) is 15.2 Å². The molecule has 4 heteroatoms. The number of halogens is 1. The average molecular weight is 274 g/mol. The van der Waals surface area contributed by atoms with Gasteiger partial charge in [-0.25, -0.2) is 0 Å². The summed E-state index contributed by atoms with van der Waals surface area (Å²) < 4.78 is 10.6. The topological polar surface area (TPSA) is 44.5 Å². The molecule has 0 aromatic heterocycles. The van der Waals surface area contributed by atoms with Gasteiger partial charge in [0.15, 0.2) is 0 Å². The maximum atomic E-state index is 6.21. The molecular weight excluding hydrogens is 250 g/mol. The molecule has 0 spiro atoms. The lowest BCUT2D eigenvalue weighted by molar-refractivity contribution is 0.391. The number of ether oxygens (including phenoxy) is 2. The average Bonchev–Trinajstić information content (AvgIpc) is 2.34. The van der Waals surface area contributed by atoms with Crippen molar-refractivity contribution < 1.29 is 9.47 Å². The van der Waals surface area contributed by atoms with Crippen molar-refractivity contribution in [2.45, 2.75) is 32.7 Å². The van der Waals surface area contributed by atoms with E-state index in [2.05, 4.69) is 13.8 Å². The first-order valence-corrected chi connectivity index (χ1v) is 6.06. The molecule has 0 saturated heterocycles. The Balaban J connectivity index is 0.00000289. The van der Waals surface area contributed by atoms with E-state index in [1.165, 1.54) is 0 Å². The first kappa shape index (κ1) is 17.1. The van der Waals surface area contributed by atoms with Crippen LogP contribution in [-0.2, 0) is 0 Å². The van der Waals surface area contributed by atoms with E-state index in [1.807, 2.05) is 18.2 Å². The number of hydrogen-bond donors (Lipinski definition) is 1. The van der Waals surface area contributed by atoms with Crippen LogP contribution < -0.4 is 15.2 Å². The molecule has 1 aromatic rings. The van der Waals surface area contributed by atoms with Gasteiger partial charge in [0.2, 0.25) is 0 Å². The number of hydrogen-bond acceptors (Lipinski definition) is 3. The quantitative estimate of drug-likeness (QED) is 0.862. The lowest BCUT2D eigenvalue weighted by Gasteiger charge is -2.17. The number of nitrogens with two attached hydrogens (primary N) is 1. The first-order chi connectivity index (χ1) is 8.08. The SMILES string of the molecule is COc1ccc(OC)c([C@@H](N)CCC(C)C)c1.Cl. The summed E-state index contributed by atoms with van der Waals surface area (Å²) in [5, 5.41) is 0. The third kappa shape index (κ3) is 4.75. The van der Waals surface area contributed by atoms with E-state index < -0.39 is 0 Å². The minimum atomic E-state index is 0. The molecule has 0 fully saturated rings. The zero-order valence-electron chi connectivity index (χ0n) is 11.6. The van der Waals surface area contributed by atoms with Crippen molar-refractivity contribution >= 4 is 12.4 Å². The van der Waals surface area contributed by atoms with Gasteiger partial charge in [0.05, 0.1) is 14.2 Å². The Morgan fingerprint density at radius 1 is 1.11 bits per heavy atom. The van der Waals surface area contributed by atoms with Crippen molar-refractivity contribution in [3.05, 3.63) is 23.8 Å². The Kier molecular flexibility index (Phi) is 7.80. The van der Waals surface area contributed by atoms with Crippen LogP contribution in [0, 0.1) is 5.92 Å². The van der Waals surface area contributed by atoms with Crippen molar-refractivity contribution in [2.24, 2.45) is 11.7 Å². The highest BCUT2D eigenvalue weighted by Crippen LogP contribution is 2.30. The summed E-state index contributed by atoms with van der Waals surface area (Å²) in [7, 11) is 3.33. The van der Waals surface area contributed by atoms with E-state index in [0.29, 0.717) is 5.92 Å². The molecule has 0 aliphatic rings. The fourth-order valence-electron chi connectivity index (χ4n) is 1.80. The van der Waals surface area contributed by atoms with Gasteiger partial charge < -0.3 is 15.2 Å². The summed E-state index contributed by atoms with van der Waals surface area (Å²) in [5.74, 6) is 2.32. The number of benzene rings is 1. The molecule has 3 nitrogen and oxygen atoms in total. The van der Waals surface area contributed by atoms with Gasteiger partial charge in [-0.3, -0.25) is 0 Å². The molecular formula is C14H24ClNO2. The molecule has 0 aliphatic heterocycles. The molecule has 1 atom stereocenters. The predicted molar refractivity (Wildman–Crippen MR) is 77.8 cm³/mol. The Labute approximate surface area is 116 Å². The van der Waals surface area contributed by atoms with Crippen LogP contribution in [0.2, 0.25) is 0 Å². The standard InChI is InChI=1S/C14H23NO2.ClH/c1-10(2)5-7-13(15)12-9-11(16-3)6-8-14(12)17-4;/h6,8-10,13H,5,7,15H2,1-4H3;1H/t13-;/m0./s1. The fraction of sp³-hybridized carbons (Fsp3) is 0.571. The minimum absolute atomic E-state index is 0. The molecule has 1 aromatic carbocycles. The van der Waals surface area contributed by atoms with Crippen LogP contribution in [0.1, 0.15) is 38.3 Å². The molecule has 18 heavy (non-hydrogen) atoms. The molecule has 0 unspecified atom stereocenters. The lowest BCUT2D eigenvalue weighted by Crippen LogP contribution is -2.12. The van der Waals surface area contributed by atoms with Crippen LogP contribution >= 0.6 is 12.4 Å². The van der Waals surface area contributed by atoms with Gasteiger partial charge in [-0.15, -0.1) is 12.4 Å². The molecule has 0 radical (unpaired) electrons. The second-order valence-corrected chi connectivity index (χ2v) is 4.69. The van der Waals surface area contributed by atoms with Gasteiger partial charge in [-0.2, -0.15) is 0 Å². The van der Waals surface area contributed by atoms with E-state index in [0.717, 1.165) is 29.9 Å². The van der Waals surface area contributed by atoms with Crippen LogP contribution in [0.25, 0.3) is 0 Å². The summed E-state index contributed by atoms with van der Waals surface area (Å²) in [6.45, 7) is 4.41. The molecule has 104 valence electrons. The van der Waals surface area contributed by atoms with Gasteiger partial charge in [-0.1, -0.05) is 13.8 Å². The van der Waals surface area contributed by atoms with Gasteiger partial charge >= 0.3 is 0 Å². The van der Waals surface area contributed by atoms with Crippen molar-refractivity contribution in [1.82, 2.24) is 0 Å². The van der Waals surface area contributed by atoms with E-state index in [9.17, 15) is 0 Å². The molecule has 1 rings (SSSR count). The van der Waals surface area contributed by atoms with Crippen molar-refractivity contribution in [3.63, 3.8) is 0 Å². The summed E-state index contributed by atoms with van der Waals surface area (Å²) in [6.07, 6.45) is 2.07. The Bertz CT molecular complexity index is 356. The van der Waals surface area contributed by atoms with Gasteiger partial charge in [0.25, 0.3) is 0 Å². The third-order valence-corrected chi connectivity index (χ3v) is 2.89. The van der Waals surface area contributed by atoms with Crippen molar-refractivity contribution in [2.75, 3.05) is 14.2 Å². The molecule has 0 amide bonds. The zero-order chi connectivity index (χ0) is 12.8. The van der Waals surface area contributed by atoms with Crippen LogP contribution in [-0.4, -0.2) is 14.2 Å². The lowest BCUT2D eigenvalue weighted by atomic mass is 9.97.